The Balaban J connectivity index is 1.49. The van der Waals surface area contributed by atoms with Gasteiger partial charge >= 0.3 is 0 Å². The number of hydrogen-bond acceptors (Lipinski definition) is 5. The van der Waals surface area contributed by atoms with E-state index >= 15 is 0 Å². The van der Waals surface area contributed by atoms with Crippen LogP contribution in [0.5, 0.6) is 11.5 Å². The highest BCUT2D eigenvalue weighted by atomic mass is 16.5. The van der Waals surface area contributed by atoms with E-state index in [0.717, 1.165) is 47.8 Å². The monoisotopic (exact) mass is 432 g/mol. The molecule has 32 heavy (non-hydrogen) atoms. The van der Waals surface area contributed by atoms with Crippen molar-refractivity contribution in [2.45, 2.75) is 65.1 Å². The fourth-order valence-corrected chi connectivity index (χ4v) is 5.45. The van der Waals surface area contributed by atoms with E-state index in [4.69, 9.17) is 19.6 Å². The van der Waals surface area contributed by atoms with Crippen molar-refractivity contribution in [2.75, 3.05) is 13.2 Å². The Morgan fingerprint density at radius 1 is 1.16 bits per heavy atom. The summed E-state index contributed by atoms with van der Waals surface area (Å²) in [6, 6.07) is 7.39. The summed E-state index contributed by atoms with van der Waals surface area (Å²) in [4.78, 5) is 7.36. The number of aryl methyl sites for hydroxylation is 1. The molecule has 1 aromatic carbocycles. The van der Waals surface area contributed by atoms with Crippen molar-refractivity contribution in [3.8, 4) is 11.5 Å². The van der Waals surface area contributed by atoms with Gasteiger partial charge in [0, 0.05) is 48.4 Å². The van der Waals surface area contributed by atoms with Crippen LogP contribution in [0, 0.1) is 6.92 Å². The van der Waals surface area contributed by atoms with Crippen molar-refractivity contribution in [2.24, 2.45) is 0 Å². The molecule has 0 unspecified atom stereocenters. The number of aromatic nitrogens is 3. The Morgan fingerprint density at radius 3 is 2.78 bits per heavy atom. The summed E-state index contributed by atoms with van der Waals surface area (Å²) in [7, 11) is 0. The van der Waals surface area contributed by atoms with Gasteiger partial charge in [0.15, 0.2) is 17.1 Å². The molecule has 0 N–H and O–H groups in total. The lowest BCUT2D eigenvalue weighted by Gasteiger charge is -2.36. The zero-order valence-electron chi connectivity index (χ0n) is 19.3. The van der Waals surface area contributed by atoms with Crippen LogP contribution < -0.4 is 9.47 Å². The molecule has 1 fully saturated rings. The summed E-state index contributed by atoms with van der Waals surface area (Å²) >= 11 is 0. The van der Waals surface area contributed by atoms with Crippen LogP contribution in [0.15, 0.2) is 37.1 Å². The van der Waals surface area contributed by atoms with E-state index in [1.165, 1.54) is 29.7 Å². The van der Waals surface area contributed by atoms with Crippen LogP contribution >= 0.6 is 0 Å². The van der Waals surface area contributed by atoms with Crippen molar-refractivity contribution in [1.29, 1.82) is 0 Å². The molecule has 2 aromatic heterocycles. The maximum Gasteiger partial charge on any atom is 0.164 e. The van der Waals surface area contributed by atoms with Gasteiger partial charge in [0.1, 0.15) is 0 Å². The number of nitrogens with zero attached hydrogens (tertiary/aromatic N) is 4. The van der Waals surface area contributed by atoms with E-state index in [2.05, 4.69) is 40.4 Å². The van der Waals surface area contributed by atoms with Crippen LogP contribution in [0.4, 0.5) is 0 Å². The Kier molecular flexibility index (Phi) is 5.64. The molecular formula is C26H32N4O2. The van der Waals surface area contributed by atoms with Crippen molar-refractivity contribution in [3.63, 3.8) is 0 Å². The lowest BCUT2D eigenvalue weighted by molar-refractivity contribution is 0.164. The quantitative estimate of drug-likeness (QED) is 0.478. The van der Waals surface area contributed by atoms with Crippen LogP contribution in [0.2, 0.25) is 0 Å². The minimum absolute atomic E-state index is 0.384. The average molecular weight is 433 g/mol. The second kappa shape index (κ2) is 8.58. The third-order valence-corrected chi connectivity index (χ3v) is 6.68. The van der Waals surface area contributed by atoms with Gasteiger partial charge in [-0.15, -0.1) is 6.58 Å². The molecular weight excluding hydrogens is 400 g/mol. The molecule has 2 aliphatic heterocycles. The lowest BCUT2D eigenvalue weighted by Crippen LogP contribution is -2.38. The predicted octanol–water partition coefficient (Wildman–Crippen LogP) is 4.83. The molecule has 3 aromatic rings. The van der Waals surface area contributed by atoms with Gasteiger partial charge in [-0.05, 0) is 51.7 Å². The molecule has 1 saturated heterocycles. The van der Waals surface area contributed by atoms with Gasteiger partial charge in [-0.3, -0.25) is 4.90 Å². The first-order valence-electron chi connectivity index (χ1n) is 11.7. The highest BCUT2D eigenvalue weighted by Gasteiger charge is 2.41. The zero-order valence-corrected chi connectivity index (χ0v) is 19.3. The summed E-state index contributed by atoms with van der Waals surface area (Å²) in [6.07, 6.45) is 8.16. The average Bonchev–Trinajstić information content (AvgIpc) is 3.28. The second-order valence-corrected chi connectivity index (χ2v) is 8.78. The third-order valence-electron chi connectivity index (χ3n) is 6.68. The maximum absolute atomic E-state index is 5.98. The first-order valence-corrected chi connectivity index (χ1v) is 11.7. The van der Waals surface area contributed by atoms with E-state index in [9.17, 15) is 0 Å². The van der Waals surface area contributed by atoms with Gasteiger partial charge in [-0.2, -0.15) is 5.10 Å². The number of fused-ring (bicyclic) bond motifs is 6. The Morgan fingerprint density at radius 2 is 2.00 bits per heavy atom. The van der Waals surface area contributed by atoms with Gasteiger partial charge < -0.3 is 9.47 Å². The maximum atomic E-state index is 5.98. The van der Waals surface area contributed by atoms with Gasteiger partial charge in [-0.1, -0.05) is 12.1 Å². The van der Waals surface area contributed by atoms with Crippen LogP contribution in [0.1, 0.15) is 60.8 Å². The summed E-state index contributed by atoms with van der Waals surface area (Å²) in [5.74, 6) is 1.69. The minimum atomic E-state index is 0.384. The van der Waals surface area contributed by atoms with Gasteiger partial charge in [0.05, 0.1) is 24.6 Å². The number of allylic oxidation sites excluding steroid dienone is 1. The summed E-state index contributed by atoms with van der Waals surface area (Å²) in [5, 5.41) is 4.72. The fraction of sp³-hybridized carbons (Fsp3) is 0.462. The number of rotatable bonds is 8. The largest absolute Gasteiger partial charge is 0.490 e. The molecule has 2 atom stereocenters. The lowest BCUT2D eigenvalue weighted by atomic mass is 9.97. The van der Waals surface area contributed by atoms with Crippen molar-refractivity contribution >= 4 is 5.65 Å². The van der Waals surface area contributed by atoms with E-state index in [-0.39, 0.29) is 0 Å². The highest BCUT2D eigenvalue weighted by Crippen LogP contribution is 2.45. The summed E-state index contributed by atoms with van der Waals surface area (Å²) in [6.45, 7) is 12.1. The number of hydrogen-bond donors (Lipinski definition) is 0. The number of ether oxygens (including phenoxy) is 2. The van der Waals surface area contributed by atoms with E-state index in [1.807, 2.05) is 26.8 Å². The predicted molar refractivity (Wildman–Crippen MR) is 125 cm³/mol. The van der Waals surface area contributed by atoms with Crippen LogP contribution in [-0.2, 0) is 19.4 Å². The van der Waals surface area contributed by atoms with Gasteiger partial charge in [0.25, 0.3) is 0 Å². The molecule has 0 aliphatic carbocycles. The Bertz CT molecular complexity index is 1150. The van der Waals surface area contributed by atoms with E-state index in [0.29, 0.717) is 25.3 Å². The fourth-order valence-electron chi connectivity index (χ4n) is 5.45. The van der Waals surface area contributed by atoms with Gasteiger partial charge in [0.2, 0.25) is 0 Å². The van der Waals surface area contributed by atoms with E-state index in [1.54, 1.807) is 0 Å². The molecule has 168 valence electrons. The molecule has 5 rings (SSSR count). The minimum Gasteiger partial charge on any atom is -0.490 e. The van der Waals surface area contributed by atoms with Crippen molar-refractivity contribution in [3.05, 3.63) is 65.1 Å². The molecule has 2 aliphatic rings. The smallest absolute Gasteiger partial charge is 0.164 e. The third kappa shape index (κ3) is 3.56. The molecule has 0 amide bonds. The summed E-state index contributed by atoms with van der Waals surface area (Å²) < 4.78 is 14.0. The SMILES string of the molecule is C=CCc1cc(CN2[C@H]3CC[C@H]2c2cnc4cc(C)nn4c2C3)cc(OCC)c1OCC. The van der Waals surface area contributed by atoms with Crippen LogP contribution in [-0.4, -0.2) is 38.8 Å². The molecule has 0 radical (unpaired) electrons. The zero-order chi connectivity index (χ0) is 22.2. The Hall–Kier alpha value is -2.86. The molecule has 6 heteroatoms. The van der Waals surface area contributed by atoms with Crippen LogP contribution in [0.25, 0.3) is 5.65 Å². The van der Waals surface area contributed by atoms with E-state index < -0.39 is 0 Å². The normalized spacial score (nSPS) is 19.8. The Labute approximate surface area is 189 Å². The molecule has 6 nitrogen and oxygen atoms in total. The molecule has 2 bridgehead atoms. The first kappa shape index (κ1) is 21.0. The van der Waals surface area contributed by atoms with Gasteiger partial charge in [-0.25, -0.2) is 9.50 Å². The molecule has 0 spiro atoms. The molecule has 0 saturated carbocycles. The topological polar surface area (TPSA) is 51.9 Å². The van der Waals surface area contributed by atoms with Crippen LogP contribution in [0.3, 0.4) is 0 Å². The first-order chi connectivity index (χ1) is 15.6. The van der Waals surface area contributed by atoms with Crippen molar-refractivity contribution in [1.82, 2.24) is 19.5 Å². The standard InChI is InChI=1S/C26H32N4O2/c1-5-8-19-12-18(13-24(31-6-2)26(19)32-7-3)16-29-20-9-10-22(29)21-15-27-25-11-17(4)28-30(25)23(21)14-20/h5,11-13,15,20,22H,1,6-10,14,16H2,2-4H3/t20-,22-/m0/s1. The van der Waals surface area contributed by atoms with Crippen molar-refractivity contribution < 1.29 is 9.47 Å². The summed E-state index contributed by atoms with van der Waals surface area (Å²) in [5.41, 5.74) is 7.04. The second-order valence-electron chi connectivity index (χ2n) is 8.78. The number of benzene rings is 1. The molecule has 4 heterocycles. The highest BCUT2D eigenvalue weighted by molar-refractivity contribution is 5.51.